The number of fused-ring (bicyclic) bond motifs is 3. The van der Waals surface area contributed by atoms with Crippen molar-refractivity contribution in [1.82, 2.24) is 4.98 Å². The zero-order chi connectivity index (χ0) is 21.6. The van der Waals surface area contributed by atoms with Crippen molar-refractivity contribution >= 4 is 21.9 Å². The van der Waals surface area contributed by atoms with E-state index in [0.717, 1.165) is 44.3 Å². The highest BCUT2D eigenvalue weighted by atomic mass is 16.3. The zero-order valence-corrected chi connectivity index (χ0v) is 17.8. The van der Waals surface area contributed by atoms with E-state index in [2.05, 4.69) is 50.0 Å². The van der Waals surface area contributed by atoms with Crippen molar-refractivity contribution in [2.45, 2.75) is 26.2 Å². The normalized spacial score (nSPS) is 11.7. The molecule has 31 heavy (non-hydrogen) atoms. The second-order valence-corrected chi connectivity index (χ2v) is 8.81. The van der Waals surface area contributed by atoms with Gasteiger partial charge in [0, 0.05) is 28.1 Å². The van der Waals surface area contributed by atoms with Crippen LogP contribution in [0.5, 0.6) is 0 Å². The molecule has 5 rings (SSSR count). The average Bonchev–Trinajstić information content (AvgIpc) is 3.17. The molecule has 2 aromatic heterocycles. The lowest BCUT2D eigenvalue weighted by Gasteiger charge is -2.19. The van der Waals surface area contributed by atoms with Crippen LogP contribution in [0.4, 0.5) is 0 Å². The second kappa shape index (κ2) is 7.11. The number of para-hydroxylation sites is 1. The summed E-state index contributed by atoms with van der Waals surface area (Å²) in [6.07, 6.45) is 1.86. The Labute approximate surface area is 181 Å². The summed E-state index contributed by atoms with van der Waals surface area (Å²) >= 11 is 0. The third kappa shape index (κ3) is 3.17. The summed E-state index contributed by atoms with van der Waals surface area (Å²) in [7, 11) is 0. The minimum atomic E-state index is 0.0294. The number of pyridine rings is 1. The zero-order valence-electron chi connectivity index (χ0n) is 17.8. The first-order chi connectivity index (χ1) is 15.0. The van der Waals surface area contributed by atoms with Gasteiger partial charge in [0.2, 0.25) is 0 Å². The van der Waals surface area contributed by atoms with E-state index >= 15 is 0 Å². The Kier molecular flexibility index (Phi) is 4.38. The molecule has 2 heterocycles. The molecule has 0 N–H and O–H groups in total. The maximum absolute atomic E-state index is 9.75. The molecule has 0 spiro atoms. The Hall–Kier alpha value is -3.90. The maximum atomic E-state index is 9.75. The van der Waals surface area contributed by atoms with Crippen LogP contribution >= 0.6 is 0 Å². The van der Waals surface area contributed by atoms with Crippen LogP contribution in [0.3, 0.4) is 0 Å². The standard InChI is InChI=1S/C28H22N2O/c1-28(2,3)20-14-15-30-24(16-20)23-11-7-10-21-22-13-12-19(17-29)25(27(22)31-26(21)23)18-8-5-4-6-9-18/h4-16H,1-3H3. The van der Waals surface area contributed by atoms with Gasteiger partial charge in [0.1, 0.15) is 11.2 Å². The third-order valence-electron chi connectivity index (χ3n) is 5.75. The van der Waals surface area contributed by atoms with Gasteiger partial charge in [-0.15, -0.1) is 0 Å². The van der Waals surface area contributed by atoms with Gasteiger partial charge in [-0.3, -0.25) is 4.98 Å². The summed E-state index contributed by atoms with van der Waals surface area (Å²) in [4.78, 5) is 4.65. The highest BCUT2D eigenvalue weighted by molar-refractivity contribution is 6.13. The summed E-state index contributed by atoms with van der Waals surface area (Å²) in [6.45, 7) is 6.59. The van der Waals surface area contributed by atoms with Crippen LogP contribution in [0, 0.1) is 11.3 Å². The summed E-state index contributed by atoms with van der Waals surface area (Å²) in [5.74, 6) is 0. The van der Waals surface area contributed by atoms with Gasteiger partial charge in [0.05, 0.1) is 17.3 Å². The Morgan fingerprint density at radius 2 is 1.61 bits per heavy atom. The SMILES string of the molecule is CC(C)(C)c1ccnc(-c2cccc3c2oc2c(-c4ccccc4)c(C#N)ccc23)c1. The number of rotatable bonds is 2. The molecule has 0 fully saturated rings. The van der Waals surface area contributed by atoms with Crippen molar-refractivity contribution in [3.8, 4) is 28.5 Å². The van der Waals surface area contributed by atoms with E-state index < -0.39 is 0 Å². The molecule has 0 atom stereocenters. The van der Waals surface area contributed by atoms with Crippen LogP contribution in [-0.4, -0.2) is 4.98 Å². The number of benzene rings is 3. The van der Waals surface area contributed by atoms with Crippen LogP contribution in [0.25, 0.3) is 44.3 Å². The second-order valence-electron chi connectivity index (χ2n) is 8.81. The smallest absolute Gasteiger partial charge is 0.144 e. The molecule has 0 radical (unpaired) electrons. The van der Waals surface area contributed by atoms with Crippen molar-refractivity contribution in [3.05, 3.63) is 90.1 Å². The van der Waals surface area contributed by atoms with Crippen molar-refractivity contribution in [3.63, 3.8) is 0 Å². The third-order valence-corrected chi connectivity index (χ3v) is 5.75. The molecule has 3 nitrogen and oxygen atoms in total. The molecule has 0 aliphatic rings. The monoisotopic (exact) mass is 402 g/mol. The van der Waals surface area contributed by atoms with Gasteiger partial charge in [-0.05, 0) is 46.9 Å². The molecule has 150 valence electrons. The van der Waals surface area contributed by atoms with Gasteiger partial charge in [-0.25, -0.2) is 0 Å². The van der Waals surface area contributed by atoms with Crippen LogP contribution < -0.4 is 0 Å². The first-order valence-electron chi connectivity index (χ1n) is 10.4. The predicted molar refractivity (Wildman–Crippen MR) is 126 cm³/mol. The van der Waals surface area contributed by atoms with Crippen LogP contribution in [0.1, 0.15) is 31.9 Å². The lowest BCUT2D eigenvalue weighted by Crippen LogP contribution is -2.11. The number of nitriles is 1. The van der Waals surface area contributed by atoms with Crippen molar-refractivity contribution in [2.24, 2.45) is 0 Å². The summed E-state index contributed by atoms with van der Waals surface area (Å²) in [5, 5.41) is 11.8. The molecule has 3 aromatic carbocycles. The molecule has 0 saturated carbocycles. The van der Waals surface area contributed by atoms with Crippen molar-refractivity contribution in [1.29, 1.82) is 5.26 Å². The molecule has 3 heteroatoms. The van der Waals surface area contributed by atoms with E-state index in [0.29, 0.717) is 5.56 Å². The molecule has 0 aliphatic carbocycles. The van der Waals surface area contributed by atoms with Crippen molar-refractivity contribution in [2.75, 3.05) is 0 Å². The minimum Gasteiger partial charge on any atom is -0.455 e. The average molecular weight is 402 g/mol. The highest BCUT2D eigenvalue weighted by Gasteiger charge is 2.20. The summed E-state index contributed by atoms with van der Waals surface area (Å²) in [6, 6.07) is 26.5. The van der Waals surface area contributed by atoms with Crippen LogP contribution in [-0.2, 0) is 5.41 Å². The topological polar surface area (TPSA) is 49.8 Å². The van der Waals surface area contributed by atoms with Gasteiger partial charge in [-0.1, -0.05) is 63.2 Å². The van der Waals surface area contributed by atoms with Crippen molar-refractivity contribution < 1.29 is 4.42 Å². The van der Waals surface area contributed by atoms with Gasteiger partial charge < -0.3 is 4.42 Å². The van der Waals surface area contributed by atoms with Gasteiger partial charge in [0.25, 0.3) is 0 Å². The van der Waals surface area contributed by atoms with E-state index in [9.17, 15) is 5.26 Å². The Morgan fingerprint density at radius 3 is 2.35 bits per heavy atom. The number of hydrogen-bond donors (Lipinski definition) is 0. The van der Waals surface area contributed by atoms with E-state index in [1.165, 1.54) is 5.56 Å². The Bertz CT molecular complexity index is 1460. The highest BCUT2D eigenvalue weighted by Crippen LogP contribution is 2.41. The fourth-order valence-corrected chi connectivity index (χ4v) is 4.09. The van der Waals surface area contributed by atoms with Gasteiger partial charge >= 0.3 is 0 Å². The number of hydrogen-bond acceptors (Lipinski definition) is 3. The predicted octanol–water partition coefficient (Wildman–Crippen LogP) is 7.48. The summed E-state index contributed by atoms with van der Waals surface area (Å²) < 4.78 is 6.50. The summed E-state index contributed by atoms with van der Waals surface area (Å²) in [5.41, 5.74) is 7.03. The quantitative estimate of drug-likeness (QED) is 0.307. The largest absolute Gasteiger partial charge is 0.455 e. The Balaban J connectivity index is 1.83. The number of furan rings is 1. The number of nitrogens with zero attached hydrogens (tertiary/aromatic N) is 2. The molecule has 0 aliphatic heterocycles. The van der Waals surface area contributed by atoms with E-state index in [-0.39, 0.29) is 5.41 Å². The van der Waals surface area contributed by atoms with Gasteiger partial charge in [-0.2, -0.15) is 5.26 Å². The molecule has 0 bridgehead atoms. The fraction of sp³-hybridized carbons (Fsp3) is 0.143. The molecular weight excluding hydrogens is 380 g/mol. The Morgan fingerprint density at radius 1 is 0.839 bits per heavy atom. The van der Waals surface area contributed by atoms with E-state index in [1.54, 1.807) is 0 Å². The number of aromatic nitrogens is 1. The molecular formula is C28H22N2O. The van der Waals surface area contributed by atoms with Gasteiger partial charge in [0.15, 0.2) is 0 Å². The molecule has 5 aromatic rings. The van der Waals surface area contributed by atoms with E-state index in [1.807, 2.05) is 60.8 Å². The lowest BCUT2D eigenvalue weighted by molar-refractivity contribution is 0.589. The van der Waals surface area contributed by atoms with Crippen LogP contribution in [0.2, 0.25) is 0 Å². The van der Waals surface area contributed by atoms with E-state index in [4.69, 9.17) is 4.42 Å². The molecule has 0 amide bonds. The fourth-order valence-electron chi connectivity index (χ4n) is 4.09. The first-order valence-corrected chi connectivity index (χ1v) is 10.4. The first kappa shape index (κ1) is 19.1. The lowest BCUT2D eigenvalue weighted by atomic mass is 9.87. The maximum Gasteiger partial charge on any atom is 0.144 e. The minimum absolute atomic E-state index is 0.0294. The van der Waals surface area contributed by atoms with Crippen LogP contribution in [0.15, 0.2) is 83.4 Å². The molecule has 0 unspecified atom stereocenters. The molecule has 0 saturated heterocycles.